The number of benzene rings is 1. The Hall–Kier alpha value is -2.95. The van der Waals surface area contributed by atoms with Gasteiger partial charge in [0.25, 0.3) is 0 Å². The standard InChI is InChI=1S/C20H22F3N3O2/c1-5-18(19(27)25(3)4)26(12-16-9-6-13(2)28-16)15-8-7-14(11-24)17(10-15)20(21,22)23/h6-10,18H,5,12H2,1-4H3. The molecule has 0 radical (unpaired) electrons. The molecule has 1 aromatic heterocycles. The van der Waals surface area contributed by atoms with E-state index in [0.717, 1.165) is 12.1 Å². The summed E-state index contributed by atoms with van der Waals surface area (Å²) in [6, 6.07) is 7.84. The molecule has 1 aromatic carbocycles. The third kappa shape index (κ3) is 4.66. The van der Waals surface area contributed by atoms with Crippen LogP contribution in [0.5, 0.6) is 0 Å². The molecular formula is C20H22F3N3O2. The van der Waals surface area contributed by atoms with Crippen LogP contribution in [0.3, 0.4) is 0 Å². The molecule has 0 saturated carbocycles. The number of likely N-dealkylation sites (N-methyl/N-ethyl adjacent to an activating group) is 1. The minimum atomic E-state index is -4.68. The largest absolute Gasteiger partial charge is 0.464 e. The summed E-state index contributed by atoms with van der Waals surface area (Å²) in [7, 11) is 3.19. The van der Waals surface area contributed by atoms with E-state index in [-0.39, 0.29) is 18.1 Å². The number of carbonyl (C=O) groups is 1. The van der Waals surface area contributed by atoms with Gasteiger partial charge < -0.3 is 14.2 Å². The number of halogens is 3. The van der Waals surface area contributed by atoms with E-state index in [9.17, 15) is 18.0 Å². The third-order valence-electron chi connectivity index (χ3n) is 4.37. The maximum Gasteiger partial charge on any atom is 0.417 e. The highest BCUT2D eigenvalue weighted by Gasteiger charge is 2.35. The molecule has 5 nitrogen and oxygen atoms in total. The maximum absolute atomic E-state index is 13.4. The quantitative estimate of drug-likeness (QED) is 0.732. The maximum atomic E-state index is 13.4. The summed E-state index contributed by atoms with van der Waals surface area (Å²) in [5.41, 5.74) is -1.29. The average Bonchev–Trinajstić information content (AvgIpc) is 3.04. The van der Waals surface area contributed by atoms with Crippen molar-refractivity contribution in [3.63, 3.8) is 0 Å². The molecule has 0 saturated heterocycles. The van der Waals surface area contributed by atoms with Gasteiger partial charge in [0.1, 0.15) is 17.6 Å². The summed E-state index contributed by atoms with van der Waals surface area (Å²) in [6.45, 7) is 3.68. The second kappa shape index (κ2) is 8.38. The van der Waals surface area contributed by atoms with E-state index in [2.05, 4.69) is 0 Å². The molecule has 0 aliphatic heterocycles. The number of carbonyl (C=O) groups excluding carboxylic acids is 1. The van der Waals surface area contributed by atoms with Crippen LogP contribution in [0.2, 0.25) is 0 Å². The van der Waals surface area contributed by atoms with Crippen molar-refractivity contribution in [3.8, 4) is 6.07 Å². The zero-order valence-electron chi connectivity index (χ0n) is 16.2. The monoisotopic (exact) mass is 393 g/mol. The highest BCUT2D eigenvalue weighted by Crippen LogP contribution is 2.35. The van der Waals surface area contributed by atoms with E-state index in [1.54, 1.807) is 51.0 Å². The molecule has 150 valence electrons. The van der Waals surface area contributed by atoms with Gasteiger partial charge in [0.15, 0.2) is 0 Å². The SMILES string of the molecule is CCC(C(=O)N(C)C)N(Cc1ccc(C)o1)c1ccc(C#N)c(C(F)(F)F)c1. The van der Waals surface area contributed by atoms with E-state index in [4.69, 9.17) is 9.68 Å². The van der Waals surface area contributed by atoms with Gasteiger partial charge in [-0.05, 0) is 43.7 Å². The summed E-state index contributed by atoms with van der Waals surface area (Å²) in [4.78, 5) is 15.7. The first-order chi connectivity index (χ1) is 13.1. The molecule has 0 fully saturated rings. The number of anilines is 1. The van der Waals surface area contributed by atoms with Crippen molar-refractivity contribution in [1.82, 2.24) is 4.90 Å². The second-order valence-corrected chi connectivity index (χ2v) is 6.64. The van der Waals surface area contributed by atoms with Crippen molar-refractivity contribution in [2.24, 2.45) is 0 Å². The number of amides is 1. The molecule has 1 unspecified atom stereocenters. The predicted octanol–water partition coefficient (Wildman–Crippen LogP) is 4.35. The molecule has 28 heavy (non-hydrogen) atoms. The highest BCUT2D eigenvalue weighted by atomic mass is 19.4. The summed E-state index contributed by atoms with van der Waals surface area (Å²) in [5, 5.41) is 9.03. The van der Waals surface area contributed by atoms with Gasteiger partial charge in [-0.3, -0.25) is 4.79 Å². The first-order valence-corrected chi connectivity index (χ1v) is 8.73. The number of aryl methyl sites for hydroxylation is 1. The van der Waals surface area contributed by atoms with Crippen molar-refractivity contribution in [1.29, 1.82) is 5.26 Å². The third-order valence-corrected chi connectivity index (χ3v) is 4.37. The molecule has 0 bridgehead atoms. The fourth-order valence-corrected chi connectivity index (χ4v) is 2.99. The number of rotatable bonds is 6. The van der Waals surface area contributed by atoms with Gasteiger partial charge in [-0.25, -0.2) is 0 Å². The Kier molecular flexibility index (Phi) is 6.39. The Balaban J connectivity index is 2.57. The van der Waals surface area contributed by atoms with E-state index in [1.165, 1.54) is 11.0 Å². The number of alkyl halides is 3. The first-order valence-electron chi connectivity index (χ1n) is 8.73. The van der Waals surface area contributed by atoms with Gasteiger partial charge in [-0.2, -0.15) is 18.4 Å². The Labute approximate surface area is 162 Å². The van der Waals surface area contributed by atoms with E-state index < -0.39 is 23.3 Å². The zero-order valence-corrected chi connectivity index (χ0v) is 16.2. The lowest BCUT2D eigenvalue weighted by Gasteiger charge is -2.33. The number of furan rings is 1. The Morgan fingerprint density at radius 3 is 2.39 bits per heavy atom. The minimum Gasteiger partial charge on any atom is -0.464 e. The van der Waals surface area contributed by atoms with Gasteiger partial charge in [-0.1, -0.05) is 6.92 Å². The van der Waals surface area contributed by atoms with Gasteiger partial charge in [0.2, 0.25) is 5.91 Å². The lowest BCUT2D eigenvalue weighted by molar-refractivity contribution is -0.137. The summed E-state index contributed by atoms with van der Waals surface area (Å²) >= 11 is 0. The summed E-state index contributed by atoms with van der Waals surface area (Å²) < 4.78 is 45.8. The molecule has 1 atom stereocenters. The van der Waals surface area contributed by atoms with E-state index in [1.807, 2.05) is 0 Å². The van der Waals surface area contributed by atoms with Crippen molar-refractivity contribution < 1.29 is 22.4 Å². The van der Waals surface area contributed by atoms with Crippen molar-refractivity contribution in [2.45, 2.75) is 39.0 Å². The molecule has 0 spiro atoms. The lowest BCUT2D eigenvalue weighted by atomic mass is 10.0. The van der Waals surface area contributed by atoms with Crippen LogP contribution < -0.4 is 4.90 Å². The smallest absolute Gasteiger partial charge is 0.417 e. The number of nitriles is 1. The van der Waals surface area contributed by atoms with Crippen molar-refractivity contribution in [2.75, 3.05) is 19.0 Å². The zero-order chi connectivity index (χ0) is 21.1. The topological polar surface area (TPSA) is 60.5 Å². The van der Waals surface area contributed by atoms with Crippen LogP contribution >= 0.6 is 0 Å². The molecule has 8 heteroatoms. The van der Waals surface area contributed by atoms with Gasteiger partial charge >= 0.3 is 6.18 Å². The Bertz CT molecular complexity index is 882. The van der Waals surface area contributed by atoms with Crippen LogP contribution in [0.4, 0.5) is 18.9 Å². The summed E-state index contributed by atoms with van der Waals surface area (Å²) in [5.74, 6) is 0.960. The van der Waals surface area contributed by atoms with Crippen LogP contribution in [-0.4, -0.2) is 30.9 Å². The molecular weight excluding hydrogens is 371 g/mol. The highest BCUT2D eigenvalue weighted by molar-refractivity contribution is 5.85. The van der Waals surface area contributed by atoms with Gasteiger partial charge in [0.05, 0.1) is 23.7 Å². The normalized spacial score (nSPS) is 12.4. The number of hydrogen-bond donors (Lipinski definition) is 0. The fourth-order valence-electron chi connectivity index (χ4n) is 2.99. The molecule has 0 aliphatic carbocycles. The first kappa shape index (κ1) is 21.4. The van der Waals surface area contributed by atoms with Crippen LogP contribution in [0.25, 0.3) is 0 Å². The van der Waals surface area contributed by atoms with Crippen LogP contribution in [-0.2, 0) is 17.5 Å². The Morgan fingerprint density at radius 1 is 1.25 bits per heavy atom. The van der Waals surface area contributed by atoms with E-state index >= 15 is 0 Å². The van der Waals surface area contributed by atoms with Gasteiger partial charge in [-0.15, -0.1) is 0 Å². The summed E-state index contributed by atoms with van der Waals surface area (Å²) in [6.07, 6.45) is -4.29. The van der Waals surface area contributed by atoms with Crippen molar-refractivity contribution in [3.05, 3.63) is 53.0 Å². The average molecular weight is 393 g/mol. The van der Waals surface area contributed by atoms with E-state index in [0.29, 0.717) is 17.9 Å². The molecule has 2 aromatic rings. The number of nitrogens with zero attached hydrogens (tertiary/aromatic N) is 3. The molecule has 0 aliphatic rings. The molecule has 1 amide bonds. The molecule has 0 N–H and O–H groups in total. The second-order valence-electron chi connectivity index (χ2n) is 6.64. The Morgan fingerprint density at radius 2 is 1.93 bits per heavy atom. The lowest BCUT2D eigenvalue weighted by Crippen LogP contribution is -2.46. The molecule has 1 heterocycles. The fraction of sp³-hybridized carbons (Fsp3) is 0.400. The number of hydrogen-bond acceptors (Lipinski definition) is 4. The minimum absolute atomic E-state index is 0.120. The molecule has 2 rings (SSSR count). The van der Waals surface area contributed by atoms with Crippen LogP contribution in [0.1, 0.15) is 36.0 Å². The van der Waals surface area contributed by atoms with Gasteiger partial charge in [0, 0.05) is 19.8 Å². The van der Waals surface area contributed by atoms with Crippen molar-refractivity contribution >= 4 is 11.6 Å². The predicted molar refractivity (Wildman–Crippen MR) is 98.6 cm³/mol. The van der Waals surface area contributed by atoms with Crippen LogP contribution in [0.15, 0.2) is 34.7 Å². The van der Waals surface area contributed by atoms with Crippen LogP contribution in [0, 0.1) is 18.3 Å².